The summed E-state index contributed by atoms with van der Waals surface area (Å²) in [5.74, 6) is -0.848. The molecule has 0 spiro atoms. The maximum Gasteiger partial charge on any atom is 0.239 e. The Kier molecular flexibility index (Phi) is 7.42. The molecule has 0 bridgehead atoms. The van der Waals surface area contributed by atoms with Gasteiger partial charge in [0.25, 0.3) is 0 Å². The van der Waals surface area contributed by atoms with Gasteiger partial charge in [0.1, 0.15) is 5.82 Å². The molecule has 2 aromatic carbocycles. The lowest BCUT2D eigenvalue weighted by Gasteiger charge is -2.20. The normalized spacial score (nSPS) is 10.5. The Morgan fingerprint density at radius 2 is 1.81 bits per heavy atom. The summed E-state index contributed by atoms with van der Waals surface area (Å²) in [4.78, 5) is 25.3. The zero-order valence-electron chi connectivity index (χ0n) is 14.3. The first-order valence-corrected chi connectivity index (χ1v) is 8.81. The number of amides is 2. The van der Waals surface area contributed by atoms with Crippen molar-refractivity contribution in [2.75, 3.05) is 13.1 Å². The van der Waals surface area contributed by atoms with Gasteiger partial charge in [0.05, 0.1) is 6.54 Å². The van der Waals surface area contributed by atoms with E-state index in [0.29, 0.717) is 23.0 Å². The average molecular weight is 397 g/mol. The largest absolute Gasteiger partial charge is 0.354 e. The van der Waals surface area contributed by atoms with Crippen LogP contribution in [0.25, 0.3) is 0 Å². The molecule has 0 unspecified atom stereocenters. The predicted molar refractivity (Wildman–Crippen MR) is 101 cm³/mol. The second kappa shape index (κ2) is 9.55. The summed E-state index contributed by atoms with van der Waals surface area (Å²) in [7, 11) is 0. The SMILES string of the molecule is CC(=O)N(CC(=O)NCCc1ccc(Cl)cc1Cl)Cc1ccc(F)cc1. The third kappa shape index (κ3) is 6.32. The first-order chi connectivity index (χ1) is 12.3. The van der Waals surface area contributed by atoms with Crippen LogP contribution in [0.4, 0.5) is 4.39 Å². The molecule has 0 aromatic heterocycles. The van der Waals surface area contributed by atoms with Gasteiger partial charge >= 0.3 is 0 Å². The Morgan fingerprint density at radius 3 is 2.42 bits per heavy atom. The molecule has 0 heterocycles. The lowest BCUT2D eigenvalue weighted by atomic mass is 10.1. The average Bonchev–Trinajstić information content (AvgIpc) is 2.58. The van der Waals surface area contributed by atoms with Crippen molar-refractivity contribution in [3.63, 3.8) is 0 Å². The van der Waals surface area contributed by atoms with Gasteiger partial charge in [-0.05, 0) is 41.8 Å². The molecule has 0 saturated carbocycles. The molecule has 138 valence electrons. The molecule has 2 amide bonds. The van der Waals surface area contributed by atoms with Gasteiger partial charge in [0.2, 0.25) is 11.8 Å². The van der Waals surface area contributed by atoms with Crippen LogP contribution in [-0.2, 0) is 22.6 Å². The van der Waals surface area contributed by atoms with Crippen LogP contribution in [-0.4, -0.2) is 29.8 Å². The second-order valence-corrected chi connectivity index (χ2v) is 6.68. The summed E-state index contributed by atoms with van der Waals surface area (Å²) in [6.45, 7) is 1.96. The first kappa shape index (κ1) is 20.2. The summed E-state index contributed by atoms with van der Waals surface area (Å²) in [6, 6.07) is 11.0. The molecule has 0 atom stereocenters. The molecule has 2 aromatic rings. The number of carbonyl (C=O) groups is 2. The fourth-order valence-electron chi connectivity index (χ4n) is 2.38. The Morgan fingerprint density at radius 1 is 1.12 bits per heavy atom. The molecule has 26 heavy (non-hydrogen) atoms. The van der Waals surface area contributed by atoms with E-state index < -0.39 is 0 Å². The summed E-state index contributed by atoms with van der Waals surface area (Å²) in [5.41, 5.74) is 1.63. The summed E-state index contributed by atoms with van der Waals surface area (Å²) in [5, 5.41) is 3.87. The maximum absolute atomic E-state index is 13.0. The van der Waals surface area contributed by atoms with Crippen LogP contribution < -0.4 is 5.32 Å². The van der Waals surface area contributed by atoms with Crippen LogP contribution in [0.3, 0.4) is 0 Å². The minimum absolute atomic E-state index is 0.0684. The van der Waals surface area contributed by atoms with E-state index >= 15 is 0 Å². The number of hydrogen-bond donors (Lipinski definition) is 1. The van der Waals surface area contributed by atoms with E-state index in [0.717, 1.165) is 11.1 Å². The van der Waals surface area contributed by atoms with Crippen LogP contribution in [0.5, 0.6) is 0 Å². The maximum atomic E-state index is 13.0. The van der Waals surface area contributed by atoms with E-state index in [1.165, 1.54) is 24.0 Å². The van der Waals surface area contributed by atoms with E-state index in [1.54, 1.807) is 24.3 Å². The number of nitrogens with zero attached hydrogens (tertiary/aromatic N) is 1. The number of carbonyl (C=O) groups excluding carboxylic acids is 2. The van der Waals surface area contributed by atoms with Crippen LogP contribution in [0, 0.1) is 5.82 Å². The van der Waals surface area contributed by atoms with Gasteiger partial charge in [0, 0.05) is 30.1 Å². The molecular formula is C19H19Cl2FN2O2. The number of benzene rings is 2. The predicted octanol–water partition coefficient (Wildman–Crippen LogP) is 3.84. The molecule has 0 aliphatic carbocycles. The van der Waals surface area contributed by atoms with Crippen molar-refractivity contribution in [3.05, 3.63) is 69.5 Å². The van der Waals surface area contributed by atoms with Crippen molar-refractivity contribution in [2.24, 2.45) is 0 Å². The topological polar surface area (TPSA) is 49.4 Å². The summed E-state index contributed by atoms with van der Waals surface area (Å²) < 4.78 is 13.0. The van der Waals surface area contributed by atoms with Gasteiger partial charge < -0.3 is 10.2 Å². The summed E-state index contributed by atoms with van der Waals surface area (Å²) >= 11 is 11.9. The van der Waals surface area contributed by atoms with E-state index in [-0.39, 0.29) is 30.7 Å². The van der Waals surface area contributed by atoms with Crippen LogP contribution in [0.1, 0.15) is 18.1 Å². The van der Waals surface area contributed by atoms with Gasteiger partial charge in [-0.15, -0.1) is 0 Å². The Labute approximate surface area is 161 Å². The minimum atomic E-state index is -0.346. The number of rotatable bonds is 7. The fourth-order valence-corrected chi connectivity index (χ4v) is 2.88. The minimum Gasteiger partial charge on any atom is -0.354 e. The lowest BCUT2D eigenvalue weighted by molar-refractivity contribution is -0.134. The molecule has 0 radical (unpaired) electrons. The smallest absolute Gasteiger partial charge is 0.239 e. The molecular weight excluding hydrogens is 378 g/mol. The van der Waals surface area contributed by atoms with Crippen molar-refractivity contribution in [3.8, 4) is 0 Å². The van der Waals surface area contributed by atoms with E-state index in [9.17, 15) is 14.0 Å². The van der Waals surface area contributed by atoms with Crippen molar-refractivity contribution in [1.29, 1.82) is 0 Å². The lowest BCUT2D eigenvalue weighted by Crippen LogP contribution is -2.39. The molecule has 0 saturated heterocycles. The van der Waals surface area contributed by atoms with E-state index in [1.807, 2.05) is 6.07 Å². The molecule has 7 heteroatoms. The van der Waals surface area contributed by atoms with Crippen molar-refractivity contribution in [2.45, 2.75) is 19.9 Å². The highest BCUT2D eigenvalue weighted by molar-refractivity contribution is 6.35. The fraction of sp³-hybridized carbons (Fsp3) is 0.263. The number of halogens is 3. The second-order valence-electron chi connectivity index (χ2n) is 5.84. The molecule has 2 rings (SSSR count). The van der Waals surface area contributed by atoms with Gasteiger partial charge in [0.15, 0.2) is 0 Å². The van der Waals surface area contributed by atoms with Gasteiger partial charge in [-0.3, -0.25) is 9.59 Å². The molecule has 1 N–H and O–H groups in total. The Balaban J connectivity index is 1.85. The van der Waals surface area contributed by atoms with Gasteiger partial charge in [-0.1, -0.05) is 41.4 Å². The molecule has 0 aliphatic rings. The molecule has 0 aliphatic heterocycles. The highest BCUT2D eigenvalue weighted by Crippen LogP contribution is 2.21. The van der Waals surface area contributed by atoms with E-state index in [4.69, 9.17) is 23.2 Å². The number of hydrogen-bond acceptors (Lipinski definition) is 2. The zero-order valence-corrected chi connectivity index (χ0v) is 15.8. The first-order valence-electron chi connectivity index (χ1n) is 8.05. The van der Waals surface area contributed by atoms with Crippen molar-refractivity contribution < 1.29 is 14.0 Å². The molecule has 0 fully saturated rings. The summed E-state index contributed by atoms with van der Waals surface area (Å²) in [6.07, 6.45) is 0.555. The van der Waals surface area contributed by atoms with Crippen molar-refractivity contribution in [1.82, 2.24) is 10.2 Å². The Bertz CT molecular complexity index is 782. The number of nitrogens with one attached hydrogen (secondary N) is 1. The highest BCUT2D eigenvalue weighted by Gasteiger charge is 2.14. The zero-order chi connectivity index (χ0) is 19.1. The van der Waals surface area contributed by atoms with Crippen molar-refractivity contribution >= 4 is 35.0 Å². The van der Waals surface area contributed by atoms with Crippen LogP contribution in [0.2, 0.25) is 10.0 Å². The van der Waals surface area contributed by atoms with Gasteiger partial charge in [-0.2, -0.15) is 0 Å². The standard InChI is InChI=1S/C19H19Cl2FN2O2/c1-13(25)24(11-14-2-6-17(22)7-3-14)12-19(26)23-9-8-15-4-5-16(20)10-18(15)21/h2-7,10H,8-9,11-12H2,1H3,(H,23,26). The molecule has 4 nitrogen and oxygen atoms in total. The van der Waals surface area contributed by atoms with Crippen LogP contribution >= 0.6 is 23.2 Å². The highest BCUT2D eigenvalue weighted by atomic mass is 35.5. The third-order valence-electron chi connectivity index (χ3n) is 3.80. The van der Waals surface area contributed by atoms with E-state index in [2.05, 4.69) is 5.32 Å². The van der Waals surface area contributed by atoms with Crippen LogP contribution in [0.15, 0.2) is 42.5 Å². The quantitative estimate of drug-likeness (QED) is 0.772. The Hall–Kier alpha value is -2.11. The monoisotopic (exact) mass is 396 g/mol. The van der Waals surface area contributed by atoms with Gasteiger partial charge in [-0.25, -0.2) is 4.39 Å². The third-order valence-corrected chi connectivity index (χ3v) is 4.39.